The Bertz CT molecular complexity index is 1350. The Labute approximate surface area is 190 Å². The summed E-state index contributed by atoms with van der Waals surface area (Å²) < 4.78 is 7.19. The molecule has 1 amide bonds. The number of benzene rings is 1. The van der Waals surface area contributed by atoms with E-state index in [0.29, 0.717) is 10.7 Å². The Morgan fingerprint density at radius 2 is 2.00 bits per heavy atom. The van der Waals surface area contributed by atoms with Gasteiger partial charge in [0.1, 0.15) is 17.1 Å². The Morgan fingerprint density at radius 3 is 2.66 bits per heavy atom. The minimum atomic E-state index is -0.469. The molecule has 4 aromatic rings. The fourth-order valence-electron chi connectivity index (χ4n) is 4.35. The predicted molar refractivity (Wildman–Crippen MR) is 124 cm³/mol. The minimum Gasteiger partial charge on any atom is -0.497 e. The van der Waals surface area contributed by atoms with Gasteiger partial charge in [0.25, 0.3) is 5.91 Å². The summed E-state index contributed by atoms with van der Waals surface area (Å²) in [5.41, 5.74) is 5.40. The number of carbonyl (C=O) groups excluding carboxylic acids is 1. The van der Waals surface area contributed by atoms with Crippen LogP contribution in [-0.2, 0) is 12.6 Å². The highest BCUT2D eigenvalue weighted by Gasteiger charge is 2.47. The van der Waals surface area contributed by atoms with E-state index in [1.165, 1.54) is 0 Å². The lowest BCUT2D eigenvalue weighted by Gasteiger charge is -2.20. The maximum absolute atomic E-state index is 13.3. The SMILES string of the molecule is COc1ccc(Cl)c(C2(NC(=O)c3cc4ccc(-c5c(C)n[nH]c5C)nc4n3C)CC2)c1. The lowest BCUT2D eigenvalue weighted by atomic mass is 10.0. The van der Waals surface area contributed by atoms with Crippen molar-refractivity contribution in [3.8, 4) is 17.0 Å². The topological polar surface area (TPSA) is 84.8 Å². The van der Waals surface area contributed by atoms with E-state index in [9.17, 15) is 4.79 Å². The number of aryl methyl sites for hydroxylation is 3. The molecule has 164 valence electrons. The van der Waals surface area contributed by atoms with Crippen molar-refractivity contribution >= 4 is 28.5 Å². The predicted octanol–water partition coefficient (Wildman–Crippen LogP) is 4.66. The van der Waals surface area contributed by atoms with Crippen molar-refractivity contribution in [1.29, 1.82) is 0 Å². The van der Waals surface area contributed by atoms with E-state index in [1.807, 2.05) is 61.9 Å². The van der Waals surface area contributed by atoms with Crippen molar-refractivity contribution in [3.05, 3.63) is 64.1 Å². The summed E-state index contributed by atoms with van der Waals surface area (Å²) in [6, 6.07) is 11.4. The number of carbonyl (C=O) groups is 1. The molecule has 1 saturated carbocycles. The summed E-state index contributed by atoms with van der Waals surface area (Å²) >= 11 is 6.46. The number of nitrogens with zero attached hydrogens (tertiary/aromatic N) is 3. The van der Waals surface area contributed by atoms with Gasteiger partial charge >= 0.3 is 0 Å². The van der Waals surface area contributed by atoms with Crippen molar-refractivity contribution in [2.24, 2.45) is 7.05 Å². The van der Waals surface area contributed by atoms with Crippen LogP contribution in [-0.4, -0.2) is 32.8 Å². The van der Waals surface area contributed by atoms with E-state index >= 15 is 0 Å². The number of hydrogen-bond acceptors (Lipinski definition) is 4. The van der Waals surface area contributed by atoms with Gasteiger partial charge in [-0.25, -0.2) is 4.98 Å². The molecule has 3 heterocycles. The van der Waals surface area contributed by atoms with Crippen LogP contribution < -0.4 is 10.1 Å². The second-order valence-corrected chi connectivity index (χ2v) is 8.80. The molecular weight excluding hydrogens is 426 g/mol. The number of nitrogens with one attached hydrogen (secondary N) is 2. The van der Waals surface area contributed by atoms with Crippen molar-refractivity contribution < 1.29 is 9.53 Å². The summed E-state index contributed by atoms with van der Waals surface area (Å²) in [7, 11) is 3.48. The molecule has 7 nitrogen and oxygen atoms in total. The maximum Gasteiger partial charge on any atom is 0.268 e. The van der Waals surface area contributed by atoms with Crippen molar-refractivity contribution in [2.75, 3.05) is 7.11 Å². The first kappa shape index (κ1) is 20.6. The zero-order valence-electron chi connectivity index (χ0n) is 18.4. The monoisotopic (exact) mass is 449 g/mol. The van der Waals surface area contributed by atoms with Gasteiger partial charge < -0.3 is 14.6 Å². The third-order valence-corrected chi connectivity index (χ3v) is 6.61. The van der Waals surface area contributed by atoms with E-state index in [1.54, 1.807) is 7.11 Å². The van der Waals surface area contributed by atoms with Gasteiger partial charge in [-0.3, -0.25) is 9.89 Å². The molecule has 1 aliphatic rings. The summed E-state index contributed by atoms with van der Waals surface area (Å²) in [5, 5.41) is 12.0. The number of fused-ring (bicyclic) bond motifs is 1. The Morgan fingerprint density at radius 1 is 1.22 bits per heavy atom. The van der Waals surface area contributed by atoms with Crippen LogP contribution in [0.2, 0.25) is 5.02 Å². The number of aromatic nitrogens is 4. The van der Waals surface area contributed by atoms with E-state index in [2.05, 4.69) is 15.5 Å². The van der Waals surface area contributed by atoms with E-state index < -0.39 is 5.54 Å². The van der Waals surface area contributed by atoms with E-state index in [4.69, 9.17) is 21.3 Å². The number of rotatable bonds is 5. The third-order valence-electron chi connectivity index (χ3n) is 6.29. The Balaban J connectivity index is 1.49. The maximum atomic E-state index is 13.3. The molecule has 0 aliphatic heterocycles. The largest absolute Gasteiger partial charge is 0.497 e. The van der Waals surface area contributed by atoms with E-state index in [0.717, 1.165) is 57.8 Å². The van der Waals surface area contributed by atoms with Gasteiger partial charge in [-0.2, -0.15) is 5.10 Å². The van der Waals surface area contributed by atoms with Crippen LogP contribution in [0.4, 0.5) is 0 Å². The number of methoxy groups -OCH3 is 1. The quantitative estimate of drug-likeness (QED) is 0.464. The summed E-state index contributed by atoms with van der Waals surface area (Å²) in [6.45, 7) is 3.93. The van der Waals surface area contributed by atoms with Gasteiger partial charge in [-0.15, -0.1) is 0 Å². The number of amides is 1. The van der Waals surface area contributed by atoms with Crippen molar-refractivity contribution in [2.45, 2.75) is 32.2 Å². The normalized spacial score (nSPS) is 14.5. The average molecular weight is 450 g/mol. The van der Waals surface area contributed by atoms with Gasteiger partial charge in [0.15, 0.2) is 0 Å². The lowest BCUT2D eigenvalue weighted by Crippen LogP contribution is -2.36. The number of halogens is 1. The van der Waals surface area contributed by atoms with Crippen LogP contribution in [0.5, 0.6) is 5.75 Å². The van der Waals surface area contributed by atoms with Crippen molar-refractivity contribution in [1.82, 2.24) is 25.1 Å². The molecular formula is C24H24ClN5O2. The molecule has 8 heteroatoms. The number of ether oxygens (including phenoxy) is 1. The molecule has 3 aromatic heterocycles. The lowest BCUT2D eigenvalue weighted by molar-refractivity contribution is 0.0923. The molecule has 0 spiro atoms. The van der Waals surface area contributed by atoms with Crippen LogP contribution in [0.25, 0.3) is 22.3 Å². The molecule has 0 saturated heterocycles. The minimum absolute atomic E-state index is 0.154. The molecule has 0 atom stereocenters. The molecule has 1 aromatic carbocycles. The van der Waals surface area contributed by atoms with Crippen LogP contribution in [0.15, 0.2) is 36.4 Å². The Kier molecular flexibility index (Phi) is 4.74. The fraction of sp³-hybridized carbons (Fsp3) is 0.292. The zero-order valence-corrected chi connectivity index (χ0v) is 19.2. The molecule has 2 N–H and O–H groups in total. The summed E-state index contributed by atoms with van der Waals surface area (Å²) in [4.78, 5) is 18.1. The average Bonchev–Trinajstić information content (AvgIpc) is 3.37. The molecule has 5 rings (SSSR count). The molecule has 1 fully saturated rings. The molecule has 1 aliphatic carbocycles. The number of H-pyrrole nitrogens is 1. The Hall–Kier alpha value is -3.32. The van der Waals surface area contributed by atoms with Gasteiger partial charge in [-0.1, -0.05) is 11.6 Å². The number of aromatic amines is 1. The first-order chi connectivity index (χ1) is 15.3. The highest BCUT2D eigenvalue weighted by atomic mass is 35.5. The number of hydrogen-bond donors (Lipinski definition) is 2. The molecule has 0 bridgehead atoms. The highest BCUT2D eigenvalue weighted by Crippen LogP contribution is 2.49. The van der Waals surface area contributed by atoms with Gasteiger partial charge in [0.2, 0.25) is 0 Å². The molecule has 0 unspecified atom stereocenters. The van der Waals surface area contributed by atoms with Crippen LogP contribution in [0, 0.1) is 13.8 Å². The third kappa shape index (κ3) is 3.24. The fourth-order valence-corrected chi connectivity index (χ4v) is 4.65. The molecule has 32 heavy (non-hydrogen) atoms. The second kappa shape index (κ2) is 7.38. The van der Waals surface area contributed by atoms with Crippen molar-refractivity contribution in [3.63, 3.8) is 0 Å². The molecule has 0 radical (unpaired) electrons. The van der Waals surface area contributed by atoms with Gasteiger partial charge in [0.05, 0.1) is 24.0 Å². The summed E-state index contributed by atoms with van der Waals surface area (Å²) in [5.74, 6) is 0.565. The highest BCUT2D eigenvalue weighted by molar-refractivity contribution is 6.31. The first-order valence-corrected chi connectivity index (χ1v) is 10.9. The summed E-state index contributed by atoms with van der Waals surface area (Å²) in [6.07, 6.45) is 1.66. The van der Waals surface area contributed by atoms with E-state index in [-0.39, 0.29) is 5.91 Å². The van der Waals surface area contributed by atoms with Crippen LogP contribution in [0.1, 0.15) is 40.3 Å². The second-order valence-electron chi connectivity index (χ2n) is 8.39. The van der Waals surface area contributed by atoms with Crippen LogP contribution in [0.3, 0.4) is 0 Å². The zero-order chi connectivity index (χ0) is 22.6. The smallest absolute Gasteiger partial charge is 0.268 e. The van der Waals surface area contributed by atoms with Gasteiger partial charge in [-0.05, 0) is 68.7 Å². The number of pyridine rings is 1. The first-order valence-electron chi connectivity index (χ1n) is 10.5. The van der Waals surface area contributed by atoms with Crippen LogP contribution >= 0.6 is 11.6 Å². The van der Waals surface area contributed by atoms with Gasteiger partial charge in [0, 0.05) is 28.7 Å². The standard InChI is InChI=1S/C24H24ClN5O2/c1-13-21(14(2)29-28-13)19-8-5-15-11-20(30(3)22(15)26-19)23(31)27-24(9-10-24)17-12-16(32-4)6-7-18(17)25/h5-8,11-12H,9-10H2,1-4H3,(H,27,31)(H,28,29).